The number of thiophene rings is 1. The lowest BCUT2D eigenvalue weighted by Crippen LogP contribution is -2.51. The van der Waals surface area contributed by atoms with Crippen LogP contribution >= 0.6 is 11.3 Å². The maximum absolute atomic E-state index is 13.7. The van der Waals surface area contributed by atoms with Crippen molar-refractivity contribution in [3.8, 4) is 21.6 Å². The highest BCUT2D eigenvalue weighted by Gasteiger charge is 2.40. The first-order valence-corrected chi connectivity index (χ1v) is 20.4. The molecule has 4 N–H and O–H groups in total. The number of benzene rings is 2. The molecule has 4 amide bonds. The summed E-state index contributed by atoms with van der Waals surface area (Å²) in [5.74, 6) is 1.14. The zero-order valence-corrected chi connectivity index (χ0v) is 35.0. The van der Waals surface area contributed by atoms with Crippen molar-refractivity contribution in [3.63, 3.8) is 0 Å². The third-order valence-electron chi connectivity index (χ3n) is 10.8. The first kappa shape index (κ1) is 41.2. The number of carbonyl (C=O) groups excluding carboxylic acids is 4. The molecule has 3 unspecified atom stereocenters. The van der Waals surface area contributed by atoms with Gasteiger partial charge >= 0.3 is 12.2 Å². The fourth-order valence-electron chi connectivity index (χ4n) is 7.61. The van der Waals surface area contributed by atoms with Gasteiger partial charge < -0.3 is 39.9 Å². The lowest BCUT2D eigenvalue weighted by molar-refractivity contribution is -0.136. The van der Waals surface area contributed by atoms with Gasteiger partial charge in [-0.15, -0.1) is 11.3 Å². The second-order valence-corrected chi connectivity index (χ2v) is 16.7. The van der Waals surface area contributed by atoms with E-state index in [0.717, 1.165) is 61.6 Å². The van der Waals surface area contributed by atoms with Crippen LogP contribution in [-0.4, -0.2) is 93.6 Å². The molecule has 1 aliphatic heterocycles. The molecule has 15 heteroatoms. The second kappa shape index (κ2) is 17.4. The molecular weight excluding hydrogens is 745 g/mol. The Morgan fingerprint density at radius 2 is 1.51 bits per heavy atom. The molecule has 1 fully saturated rings. The summed E-state index contributed by atoms with van der Waals surface area (Å²) in [5.41, 5.74) is 5.73. The lowest BCUT2D eigenvalue weighted by Gasteiger charge is -2.31. The van der Waals surface area contributed by atoms with Crippen LogP contribution in [0.1, 0.15) is 84.5 Å². The Morgan fingerprint density at radius 3 is 2.12 bits per heavy atom. The number of H-pyrrole nitrogens is 2. The SMILES string of the molecule is CCCC(c1nc2ccc(-c3ccc(-c4cc5[nH]c([C@@H]6C[C@H](C)CN6C(=O)C(NC(=O)OC)C(C)C)nc5s4)cc3)cc2[nH]1)N(C)C(=O)C(NC(=O)OC)C(C)C. The molecule has 1 saturated heterocycles. The van der Waals surface area contributed by atoms with Gasteiger partial charge in [-0.2, -0.15) is 0 Å². The Labute approximate surface area is 337 Å². The van der Waals surface area contributed by atoms with Gasteiger partial charge in [0.25, 0.3) is 0 Å². The average molecular weight is 799 g/mol. The number of alkyl carbamates (subject to hydrolysis) is 2. The van der Waals surface area contributed by atoms with Gasteiger partial charge in [0.05, 0.1) is 42.9 Å². The molecule has 1 aliphatic rings. The smallest absolute Gasteiger partial charge is 0.407 e. The van der Waals surface area contributed by atoms with E-state index in [9.17, 15) is 19.2 Å². The zero-order chi connectivity index (χ0) is 41.1. The Bertz CT molecular complexity index is 2190. The Morgan fingerprint density at radius 1 is 0.877 bits per heavy atom. The number of likely N-dealkylation sites (N-methyl/N-ethyl adjacent to an activating group) is 1. The van der Waals surface area contributed by atoms with E-state index in [4.69, 9.17) is 19.4 Å². The van der Waals surface area contributed by atoms with Crippen LogP contribution in [0.3, 0.4) is 0 Å². The van der Waals surface area contributed by atoms with E-state index in [2.05, 4.69) is 70.8 Å². The first-order valence-electron chi connectivity index (χ1n) is 19.6. The highest BCUT2D eigenvalue weighted by Crippen LogP contribution is 2.39. The monoisotopic (exact) mass is 798 g/mol. The second-order valence-electron chi connectivity index (χ2n) is 15.7. The van der Waals surface area contributed by atoms with Crippen molar-refractivity contribution in [2.75, 3.05) is 27.8 Å². The molecule has 5 aromatic rings. The zero-order valence-electron chi connectivity index (χ0n) is 34.1. The number of methoxy groups -OCH3 is 2. The predicted molar refractivity (Wildman–Crippen MR) is 221 cm³/mol. The van der Waals surface area contributed by atoms with Crippen LogP contribution in [0.2, 0.25) is 0 Å². The molecule has 6 rings (SSSR count). The largest absolute Gasteiger partial charge is 0.453 e. The predicted octanol–water partition coefficient (Wildman–Crippen LogP) is 7.81. The number of aromatic nitrogens is 4. The molecule has 0 radical (unpaired) electrons. The van der Waals surface area contributed by atoms with Crippen LogP contribution in [0.5, 0.6) is 0 Å². The number of nitrogens with zero attached hydrogens (tertiary/aromatic N) is 4. The number of rotatable bonds is 13. The number of fused-ring (bicyclic) bond motifs is 2. The summed E-state index contributed by atoms with van der Waals surface area (Å²) in [7, 11) is 4.33. The van der Waals surface area contributed by atoms with Crippen molar-refractivity contribution < 1.29 is 28.7 Å². The van der Waals surface area contributed by atoms with Crippen molar-refractivity contribution >= 4 is 56.7 Å². The van der Waals surface area contributed by atoms with E-state index in [1.165, 1.54) is 14.2 Å². The molecule has 0 bridgehead atoms. The quantitative estimate of drug-likeness (QED) is 0.0933. The van der Waals surface area contributed by atoms with Crippen molar-refractivity contribution in [3.05, 3.63) is 60.2 Å². The van der Waals surface area contributed by atoms with Gasteiger partial charge in [0.15, 0.2) is 0 Å². The van der Waals surface area contributed by atoms with Crippen LogP contribution in [0.25, 0.3) is 42.9 Å². The Balaban J connectivity index is 1.18. The van der Waals surface area contributed by atoms with Crippen molar-refractivity contribution in [2.45, 2.75) is 85.0 Å². The summed E-state index contributed by atoms with van der Waals surface area (Å²) >= 11 is 1.60. The van der Waals surface area contributed by atoms with Crippen molar-refractivity contribution in [2.24, 2.45) is 17.8 Å². The summed E-state index contributed by atoms with van der Waals surface area (Å²) < 4.78 is 9.55. The molecule has 0 spiro atoms. The van der Waals surface area contributed by atoms with Gasteiger partial charge in [-0.25, -0.2) is 19.6 Å². The number of imidazole rings is 2. The van der Waals surface area contributed by atoms with Crippen LogP contribution in [0, 0.1) is 17.8 Å². The number of likely N-dealkylation sites (tertiary alicyclic amines) is 1. The van der Waals surface area contributed by atoms with E-state index < -0.39 is 24.3 Å². The molecular formula is C42H54N8O6S. The normalized spacial score (nSPS) is 17.2. The summed E-state index contributed by atoms with van der Waals surface area (Å²) in [4.78, 5) is 73.6. The Kier molecular flexibility index (Phi) is 12.6. The van der Waals surface area contributed by atoms with E-state index >= 15 is 0 Å². The molecule has 0 saturated carbocycles. The average Bonchev–Trinajstić information content (AvgIpc) is 3.99. The fraction of sp³-hybridized carbons (Fsp3) is 0.476. The number of aromatic amines is 2. The summed E-state index contributed by atoms with van der Waals surface area (Å²) in [6.07, 6.45) is 1.04. The van der Waals surface area contributed by atoms with Crippen LogP contribution in [0.4, 0.5) is 9.59 Å². The lowest BCUT2D eigenvalue weighted by atomic mass is 10.0. The molecule has 5 atom stereocenters. The van der Waals surface area contributed by atoms with Crippen molar-refractivity contribution in [1.29, 1.82) is 0 Å². The highest BCUT2D eigenvalue weighted by molar-refractivity contribution is 7.21. The standard InChI is InChI=1S/C42H54N8O6S/c1-10-11-31(49(7)39(51)34(22(2)3)46-41(53)55-8)36-43-28-17-16-27(19-29(28)44-36)25-12-14-26(15-13-25)33-20-30-38(57-33)48-37(45-30)32-18-24(6)21-50(32)40(52)35(23(4)5)47-42(54)56-9/h12-17,19-20,22-24,31-32,34-35H,10-11,18,21H2,1-9H3,(H,43,44)(H,45,48)(H,46,53)(H,47,54)/t24-,31?,32-,34?,35?/m0/s1. The third-order valence-corrected chi connectivity index (χ3v) is 11.9. The number of amides is 4. The van der Waals surface area contributed by atoms with Crippen molar-refractivity contribution in [1.82, 2.24) is 40.4 Å². The van der Waals surface area contributed by atoms with E-state index in [0.29, 0.717) is 18.8 Å². The summed E-state index contributed by atoms with van der Waals surface area (Å²) in [6.45, 7) is 12.4. The molecule has 2 aromatic carbocycles. The fourth-order valence-corrected chi connectivity index (χ4v) is 8.61. The molecule has 3 aromatic heterocycles. The minimum atomic E-state index is -0.733. The topological polar surface area (TPSA) is 175 Å². The molecule has 57 heavy (non-hydrogen) atoms. The molecule has 304 valence electrons. The van der Waals surface area contributed by atoms with Crippen LogP contribution < -0.4 is 10.6 Å². The minimum Gasteiger partial charge on any atom is -0.453 e. The van der Waals surface area contributed by atoms with E-state index in [1.807, 2.05) is 44.7 Å². The van der Waals surface area contributed by atoms with Gasteiger partial charge in [-0.05, 0) is 65.5 Å². The highest BCUT2D eigenvalue weighted by atomic mass is 32.1. The summed E-state index contributed by atoms with van der Waals surface area (Å²) in [5, 5.41) is 5.40. The van der Waals surface area contributed by atoms with Gasteiger partial charge in [-0.1, -0.05) is 78.3 Å². The number of ether oxygens (including phenoxy) is 2. The molecule has 14 nitrogen and oxygen atoms in total. The van der Waals surface area contributed by atoms with E-state index in [-0.39, 0.29) is 41.7 Å². The molecule has 0 aliphatic carbocycles. The first-order chi connectivity index (χ1) is 27.2. The minimum absolute atomic E-state index is 0.111. The summed E-state index contributed by atoms with van der Waals surface area (Å²) in [6, 6.07) is 14.7. The van der Waals surface area contributed by atoms with Crippen LogP contribution in [0.15, 0.2) is 48.5 Å². The van der Waals surface area contributed by atoms with E-state index in [1.54, 1.807) is 23.3 Å². The number of hydrogen-bond donors (Lipinski definition) is 4. The van der Waals surface area contributed by atoms with Gasteiger partial charge in [0.2, 0.25) is 11.8 Å². The van der Waals surface area contributed by atoms with Gasteiger partial charge in [0, 0.05) is 18.5 Å². The Hall–Kier alpha value is -5.44. The van der Waals surface area contributed by atoms with Gasteiger partial charge in [0.1, 0.15) is 28.6 Å². The molecule has 4 heterocycles. The third kappa shape index (κ3) is 8.78. The number of hydrogen-bond acceptors (Lipinski definition) is 9. The maximum Gasteiger partial charge on any atom is 0.407 e. The number of carbonyl (C=O) groups is 4. The van der Waals surface area contributed by atoms with Gasteiger partial charge in [-0.3, -0.25) is 9.59 Å². The number of nitrogens with one attached hydrogen (secondary N) is 4. The van der Waals surface area contributed by atoms with Crippen LogP contribution in [-0.2, 0) is 19.1 Å². The maximum atomic E-state index is 13.7.